The molecule has 0 amide bonds. The Bertz CT molecular complexity index is 3090. The summed E-state index contributed by atoms with van der Waals surface area (Å²) in [4.78, 5) is -7.65. The van der Waals surface area contributed by atoms with E-state index >= 15 is 26.3 Å². The van der Waals surface area contributed by atoms with Gasteiger partial charge in [0.15, 0.2) is 0 Å². The molecule has 0 saturated heterocycles. The summed E-state index contributed by atoms with van der Waals surface area (Å²) in [5.41, 5.74) is -11.5. The van der Waals surface area contributed by atoms with Gasteiger partial charge >= 0.3 is 12.4 Å². The normalized spacial score (nSPS) is 14.0. The average Bonchev–Trinajstić information content (AvgIpc) is 3.18. The molecule has 66 heavy (non-hydrogen) atoms. The highest BCUT2D eigenvalue weighted by atomic mass is 32.2. The first-order valence-corrected chi connectivity index (χ1v) is 26.3. The molecule has 0 unspecified atom stereocenters. The molecule has 366 valence electrons. The summed E-state index contributed by atoms with van der Waals surface area (Å²) in [5, 5.41) is 0. The monoisotopic (exact) mass is 1040 g/mol. The lowest BCUT2D eigenvalue weighted by Crippen LogP contribution is -2.55. The molecule has 0 atom stereocenters. The van der Waals surface area contributed by atoms with Crippen LogP contribution in [0.3, 0.4) is 0 Å². The van der Waals surface area contributed by atoms with Gasteiger partial charge in [0.1, 0.15) is 37.5 Å². The van der Waals surface area contributed by atoms with Gasteiger partial charge in [0.25, 0.3) is 40.5 Å². The number of hydrogen-bond donors (Lipinski definition) is 4. The van der Waals surface area contributed by atoms with Gasteiger partial charge in [-0.2, -0.15) is 60.0 Å². The molecule has 0 aromatic heterocycles. The summed E-state index contributed by atoms with van der Waals surface area (Å²) in [6, 6.07) is 3.91. The minimum atomic E-state index is -6.56. The van der Waals surface area contributed by atoms with Gasteiger partial charge in [0.05, 0.1) is 14.7 Å². The molecule has 0 fully saturated rings. The predicted molar refractivity (Wildman–Crippen MR) is 221 cm³/mol. The molecule has 4 N–H and O–H groups in total. The quantitative estimate of drug-likeness (QED) is 0.0568. The smallest absolute Gasteiger partial charge is 0.411 e. The Labute approximate surface area is 376 Å². The fourth-order valence-electron chi connectivity index (χ4n) is 6.91. The van der Waals surface area contributed by atoms with Crippen LogP contribution in [0.5, 0.6) is 17.2 Å². The molecule has 16 nitrogen and oxygen atoms in total. The molecule has 0 aliphatic heterocycles. The van der Waals surface area contributed by atoms with Crippen LogP contribution in [0.1, 0.15) is 83.9 Å². The van der Waals surface area contributed by atoms with Crippen molar-refractivity contribution in [2.45, 2.75) is 125 Å². The van der Waals surface area contributed by atoms with Crippen LogP contribution >= 0.6 is 0 Å². The van der Waals surface area contributed by atoms with Crippen molar-refractivity contribution < 1.29 is 96.1 Å². The largest absolute Gasteiger partial charge is 0.486 e. The van der Waals surface area contributed by atoms with Crippen LogP contribution in [0.2, 0.25) is 0 Å². The molecule has 4 aromatic rings. The van der Waals surface area contributed by atoms with Gasteiger partial charge in [-0.05, 0) is 109 Å². The fourth-order valence-corrected chi connectivity index (χ4v) is 11.2. The molecule has 27 heteroatoms. The lowest BCUT2D eigenvalue weighted by Gasteiger charge is -2.39. The van der Waals surface area contributed by atoms with Crippen LogP contribution in [0.15, 0.2) is 102 Å². The van der Waals surface area contributed by atoms with Crippen molar-refractivity contribution in [1.82, 2.24) is 0 Å². The molecule has 0 bridgehead atoms. The zero-order chi connectivity index (χ0) is 50.7. The number of alkyl halides is 6. The predicted octanol–water partition coefficient (Wildman–Crippen LogP) is 8.74. The van der Waals surface area contributed by atoms with Crippen molar-refractivity contribution in [2.75, 3.05) is 0 Å². The number of sulfone groups is 1. The summed E-state index contributed by atoms with van der Waals surface area (Å²) in [7, 11) is -27.5. The van der Waals surface area contributed by atoms with Gasteiger partial charge in [0, 0.05) is 0 Å². The molecule has 0 heterocycles. The average molecular weight is 1040 g/mol. The Balaban J connectivity index is 2.00. The SMILES string of the molecule is CCC(C)(CC)Oc1ccc(C(c2ccc(Oc3ccc(S(=O)(=O)c4ccc(C(C)(CC)CC)c(S(=O)(=O)O)c4)cc3S(=O)(=O)O)c(S(=O)(=O)O)c2)(C(F)(F)F)C(F)(F)F)cc1S(=O)(=O)O. The second-order valence-corrected chi connectivity index (χ2v) is 22.9. The van der Waals surface area contributed by atoms with Gasteiger partial charge in [-0.15, -0.1) is 0 Å². The molecule has 0 spiro atoms. The van der Waals surface area contributed by atoms with Gasteiger partial charge in [-0.1, -0.05) is 52.8 Å². The zero-order valence-corrected chi connectivity index (χ0v) is 39.3. The van der Waals surface area contributed by atoms with Gasteiger partial charge in [-0.25, -0.2) is 8.42 Å². The number of halogens is 6. The summed E-state index contributed by atoms with van der Waals surface area (Å²) >= 11 is 0. The third-order valence-corrected chi connectivity index (χ3v) is 16.8. The number of rotatable bonds is 17. The number of hydrogen-bond acceptors (Lipinski definition) is 12. The van der Waals surface area contributed by atoms with Crippen molar-refractivity contribution in [3.63, 3.8) is 0 Å². The lowest BCUT2D eigenvalue weighted by molar-refractivity contribution is -0.288. The van der Waals surface area contributed by atoms with Crippen LogP contribution in [0.25, 0.3) is 0 Å². The molecule has 4 rings (SSSR count). The summed E-state index contributed by atoms with van der Waals surface area (Å²) in [6.07, 6.45) is -12.2. The number of ether oxygens (including phenoxy) is 2. The molecular weight excluding hydrogens is 999 g/mol. The first kappa shape index (κ1) is 54.3. The molecule has 0 aliphatic rings. The zero-order valence-electron chi connectivity index (χ0n) is 35.3. The second-order valence-electron chi connectivity index (χ2n) is 15.4. The Morgan fingerprint density at radius 1 is 0.470 bits per heavy atom. The fraction of sp³-hybridized carbons (Fsp3) is 0.385. The van der Waals surface area contributed by atoms with E-state index in [4.69, 9.17) is 9.47 Å². The maximum Gasteiger partial charge on any atom is 0.411 e. The topological polar surface area (TPSA) is 270 Å². The highest BCUT2D eigenvalue weighted by Gasteiger charge is 2.73. The van der Waals surface area contributed by atoms with E-state index in [0.717, 1.165) is 12.1 Å². The summed E-state index contributed by atoms with van der Waals surface area (Å²) in [6.45, 7) is 9.59. The van der Waals surface area contributed by atoms with Crippen LogP contribution in [-0.2, 0) is 61.1 Å². The first-order chi connectivity index (χ1) is 29.8. The maximum atomic E-state index is 15.3. The molecule has 0 aliphatic carbocycles. The second kappa shape index (κ2) is 17.9. The molecule has 4 aromatic carbocycles. The van der Waals surface area contributed by atoms with Crippen LogP contribution in [-0.4, -0.2) is 78.3 Å². The first-order valence-electron chi connectivity index (χ1n) is 19.0. The highest BCUT2D eigenvalue weighted by Crippen LogP contribution is 2.57. The standard InChI is InChI=1S/C39H42F6O16S5/c1-7-35(5,8-2)27-15-13-25(21-31(27)63(48,49)50)62(46,47)26-14-18-29(34(22-26)66(57,58)59)60-28-16-11-23(19-32(28)64(51,52)53)37(38(40,41)42,39(43,44)45)24-12-17-30(33(20-24)65(54,55)56)61-36(6,9-3)10-4/h11-22H,7-10H2,1-6H3,(H,48,49,50)(H,51,52,53)(H,54,55,56)(H,57,58,59). The maximum absolute atomic E-state index is 15.3. The van der Waals surface area contributed by atoms with E-state index in [-0.39, 0.29) is 54.8 Å². The Kier molecular flexibility index (Phi) is 14.8. The van der Waals surface area contributed by atoms with Crippen molar-refractivity contribution in [3.8, 4) is 17.2 Å². The van der Waals surface area contributed by atoms with Crippen LogP contribution < -0.4 is 9.47 Å². The Morgan fingerprint density at radius 2 is 0.818 bits per heavy atom. The third kappa shape index (κ3) is 10.4. The molecular formula is C39H42F6O16S5. The van der Waals surface area contributed by atoms with E-state index in [1.54, 1.807) is 34.6 Å². The minimum absolute atomic E-state index is 0.0250. The van der Waals surface area contributed by atoms with Crippen molar-refractivity contribution in [1.29, 1.82) is 0 Å². The van der Waals surface area contributed by atoms with Gasteiger partial charge in [0.2, 0.25) is 15.3 Å². The van der Waals surface area contributed by atoms with E-state index in [1.165, 1.54) is 6.92 Å². The molecule has 0 radical (unpaired) electrons. The molecule has 0 saturated carbocycles. The van der Waals surface area contributed by atoms with Gasteiger partial charge in [-0.3, -0.25) is 18.2 Å². The minimum Gasteiger partial charge on any atom is -0.486 e. The Hall–Kier alpha value is -4.35. The van der Waals surface area contributed by atoms with E-state index in [0.29, 0.717) is 37.1 Å². The van der Waals surface area contributed by atoms with E-state index in [1.807, 2.05) is 0 Å². The van der Waals surface area contributed by atoms with Crippen LogP contribution in [0, 0.1) is 0 Å². The lowest BCUT2D eigenvalue weighted by atomic mass is 9.73. The van der Waals surface area contributed by atoms with Crippen molar-refractivity contribution >= 4 is 50.3 Å². The summed E-state index contributed by atoms with van der Waals surface area (Å²) < 4.78 is 271. The Morgan fingerprint density at radius 3 is 1.20 bits per heavy atom. The van der Waals surface area contributed by atoms with Crippen molar-refractivity contribution in [2.24, 2.45) is 0 Å². The van der Waals surface area contributed by atoms with Crippen LogP contribution in [0.4, 0.5) is 26.3 Å². The number of benzene rings is 4. The van der Waals surface area contributed by atoms with Crippen molar-refractivity contribution in [3.05, 3.63) is 89.5 Å². The summed E-state index contributed by atoms with van der Waals surface area (Å²) in [5.74, 6) is -3.50. The van der Waals surface area contributed by atoms with E-state index in [2.05, 4.69) is 0 Å². The highest BCUT2D eigenvalue weighted by molar-refractivity contribution is 7.91. The van der Waals surface area contributed by atoms with Gasteiger partial charge < -0.3 is 9.47 Å². The van der Waals surface area contributed by atoms with E-state index < -0.39 is 137 Å². The third-order valence-electron chi connectivity index (χ3n) is 11.5. The van der Waals surface area contributed by atoms with E-state index in [9.17, 15) is 60.3 Å².